The fourth-order valence-corrected chi connectivity index (χ4v) is 5.08. The van der Waals surface area contributed by atoms with Crippen LogP contribution in [0.25, 0.3) is 0 Å². The Labute approximate surface area is 193 Å². The molecule has 0 aliphatic carbocycles. The van der Waals surface area contributed by atoms with Gasteiger partial charge >= 0.3 is 13.5 Å². The number of benzene rings is 1. The molecule has 3 rings (SSSR count). The zero-order chi connectivity index (χ0) is 24.0. The molecular weight excluding hydrogens is 445 g/mol. The van der Waals surface area contributed by atoms with Crippen LogP contribution in [-0.2, 0) is 18.8 Å². The molecule has 4 atom stereocenters. The van der Waals surface area contributed by atoms with Gasteiger partial charge in [0, 0.05) is 12.1 Å². The smallest absolute Gasteiger partial charge is 0.342 e. The van der Waals surface area contributed by atoms with Crippen LogP contribution in [-0.4, -0.2) is 46.7 Å². The molecule has 1 aromatic heterocycles. The fourth-order valence-electron chi connectivity index (χ4n) is 3.29. The van der Waals surface area contributed by atoms with E-state index in [0.29, 0.717) is 23.7 Å². The van der Waals surface area contributed by atoms with E-state index in [1.807, 2.05) is 13.0 Å². The largest absolute Gasteiger partial charge is 0.462 e. The van der Waals surface area contributed by atoms with Gasteiger partial charge < -0.3 is 19.7 Å². The van der Waals surface area contributed by atoms with Gasteiger partial charge in [0.15, 0.2) is 5.82 Å². The number of hydrogen-bond acceptors (Lipinski definition) is 9. The van der Waals surface area contributed by atoms with Crippen LogP contribution < -0.4 is 15.3 Å². The first-order valence-corrected chi connectivity index (χ1v) is 12.6. The fraction of sp³-hybridized carbons (Fsp3) is 0.455. The lowest BCUT2D eigenvalue weighted by Crippen LogP contribution is -2.37. The highest BCUT2D eigenvalue weighted by Gasteiger charge is 2.33. The van der Waals surface area contributed by atoms with Crippen LogP contribution >= 0.6 is 7.52 Å². The lowest BCUT2D eigenvalue weighted by molar-refractivity contribution is -0.149. The van der Waals surface area contributed by atoms with Gasteiger partial charge in [-0.25, -0.2) is 15.1 Å². The molecule has 3 N–H and O–H groups in total. The minimum absolute atomic E-state index is 0.0948. The zero-order valence-corrected chi connectivity index (χ0v) is 20.1. The summed E-state index contributed by atoms with van der Waals surface area (Å²) < 4.78 is 30.5. The number of fused-ring (bicyclic) bond motifs is 1. The molecule has 0 bridgehead atoms. The van der Waals surface area contributed by atoms with Crippen molar-refractivity contribution in [3.63, 3.8) is 0 Å². The highest BCUT2D eigenvalue weighted by atomic mass is 31.2. The summed E-state index contributed by atoms with van der Waals surface area (Å²) in [5.41, 5.74) is 7.18. The first-order chi connectivity index (χ1) is 15.7. The van der Waals surface area contributed by atoms with Crippen molar-refractivity contribution < 1.29 is 23.4 Å². The topological polar surface area (TPSA) is 138 Å². The van der Waals surface area contributed by atoms with Crippen molar-refractivity contribution >= 4 is 31.2 Å². The van der Waals surface area contributed by atoms with Gasteiger partial charge in [0.2, 0.25) is 0 Å². The number of nitrogens with one attached hydrogen (secondary N) is 1. The third-order valence-corrected chi connectivity index (χ3v) is 6.60. The summed E-state index contributed by atoms with van der Waals surface area (Å²) in [5, 5.41) is 2.79. The van der Waals surface area contributed by atoms with Gasteiger partial charge in [-0.15, -0.1) is 0 Å². The van der Waals surface area contributed by atoms with E-state index in [2.05, 4.69) is 20.0 Å². The number of nitrogens with two attached hydrogens (primary N) is 1. The predicted molar refractivity (Wildman–Crippen MR) is 126 cm³/mol. The maximum absolute atomic E-state index is 13.6. The quantitative estimate of drug-likeness (QED) is 0.367. The molecule has 178 valence electrons. The number of carbonyl (C=O) groups excluding carboxylic acids is 1. The Morgan fingerprint density at radius 2 is 1.91 bits per heavy atom. The molecule has 1 aromatic carbocycles. The maximum Gasteiger partial charge on any atom is 0.342 e. The second kappa shape index (κ2) is 10.9. The Balaban J connectivity index is 1.66. The summed E-state index contributed by atoms with van der Waals surface area (Å²) in [7, 11) is -3.62. The monoisotopic (exact) mass is 475 g/mol. The van der Waals surface area contributed by atoms with Gasteiger partial charge in [-0.05, 0) is 46.2 Å². The molecule has 0 saturated carbocycles. The highest BCUT2D eigenvalue weighted by Crippen LogP contribution is 2.44. The van der Waals surface area contributed by atoms with E-state index < -0.39 is 19.5 Å². The van der Waals surface area contributed by atoms with E-state index in [9.17, 15) is 9.36 Å². The van der Waals surface area contributed by atoms with Gasteiger partial charge in [-0.2, -0.15) is 0 Å². The number of nitrogen functional groups attached to an aromatic ring is 1. The molecule has 0 fully saturated rings. The highest BCUT2D eigenvalue weighted by molar-refractivity contribution is 7.57. The molecule has 0 amide bonds. The summed E-state index contributed by atoms with van der Waals surface area (Å²) in [6, 6.07) is 7.88. The van der Waals surface area contributed by atoms with Gasteiger partial charge in [-0.1, -0.05) is 18.2 Å². The molecule has 2 aromatic rings. The Morgan fingerprint density at radius 1 is 1.18 bits per heavy atom. The number of rotatable bonds is 11. The van der Waals surface area contributed by atoms with Gasteiger partial charge in [0.1, 0.15) is 30.2 Å². The van der Waals surface area contributed by atoms with E-state index in [1.54, 1.807) is 51.3 Å². The number of hydrogen-bond donors (Lipinski definition) is 2. The molecular formula is C22H30N5O5P. The Kier molecular flexibility index (Phi) is 8.18. The summed E-state index contributed by atoms with van der Waals surface area (Å²) in [5.74, 6) is 0.117. The maximum atomic E-state index is 13.6. The Hall–Kier alpha value is -2.81. The van der Waals surface area contributed by atoms with Crippen molar-refractivity contribution in [3.8, 4) is 5.75 Å². The number of esters is 1. The number of para-hydroxylation sites is 1. The zero-order valence-electron chi connectivity index (χ0n) is 19.2. The van der Waals surface area contributed by atoms with Crippen molar-refractivity contribution in [1.82, 2.24) is 15.1 Å². The van der Waals surface area contributed by atoms with E-state index in [4.69, 9.17) is 19.7 Å². The number of carbonyl (C=O) groups is 1. The van der Waals surface area contributed by atoms with Crippen molar-refractivity contribution in [2.75, 3.05) is 12.1 Å². The van der Waals surface area contributed by atoms with Crippen LogP contribution in [0.2, 0.25) is 0 Å². The standard InChI is InChI=1S/C22H30N5O5P/c1-14(2)31-22(28)16(4)27-33(29,32-18-8-6-5-7-9-18)13-30-15(3)10-17-11-24-20-19(17)25-12-26-21(20)23/h5-9,11-12,14-17H,10,13H2,1-4H3,(H,27,29)(H2,23,25,26)/t15-,16+,17?,33?/m1/s1. The number of nitrogens with zero attached hydrogens (tertiary/aromatic N) is 3. The normalized spacial score (nSPS) is 18.4. The minimum Gasteiger partial charge on any atom is -0.462 e. The molecule has 1 aliphatic heterocycles. The second-order valence-electron chi connectivity index (χ2n) is 8.13. The lowest BCUT2D eigenvalue weighted by atomic mass is 10.0. The Morgan fingerprint density at radius 3 is 2.61 bits per heavy atom. The second-order valence-corrected chi connectivity index (χ2v) is 10.2. The molecule has 0 radical (unpaired) electrons. The predicted octanol–water partition coefficient (Wildman–Crippen LogP) is 3.81. The molecule has 0 spiro atoms. The number of aliphatic imine (C=N–C) groups is 1. The van der Waals surface area contributed by atoms with Gasteiger partial charge in [0.05, 0.1) is 17.9 Å². The van der Waals surface area contributed by atoms with Crippen molar-refractivity contribution in [2.45, 2.75) is 58.3 Å². The molecule has 1 aliphatic rings. The van der Waals surface area contributed by atoms with Crippen molar-refractivity contribution in [1.29, 1.82) is 0 Å². The lowest BCUT2D eigenvalue weighted by Gasteiger charge is -2.25. The van der Waals surface area contributed by atoms with Crippen molar-refractivity contribution in [3.05, 3.63) is 42.4 Å². The average molecular weight is 475 g/mol. The molecule has 33 heavy (non-hydrogen) atoms. The van der Waals surface area contributed by atoms with Crippen LogP contribution in [0.4, 0.5) is 11.5 Å². The summed E-state index contributed by atoms with van der Waals surface area (Å²) >= 11 is 0. The molecule has 0 saturated heterocycles. The van der Waals surface area contributed by atoms with Crippen LogP contribution in [0.5, 0.6) is 5.75 Å². The van der Waals surface area contributed by atoms with Crippen LogP contribution in [0.15, 0.2) is 41.7 Å². The van der Waals surface area contributed by atoms with Crippen LogP contribution in [0.3, 0.4) is 0 Å². The van der Waals surface area contributed by atoms with E-state index in [-0.39, 0.29) is 24.5 Å². The molecule has 10 nitrogen and oxygen atoms in total. The molecule has 11 heteroatoms. The van der Waals surface area contributed by atoms with Crippen LogP contribution in [0, 0.1) is 0 Å². The van der Waals surface area contributed by atoms with E-state index >= 15 is 0 Å². The van der Waals surface area contributed by atoms with Crippen LogP contribution in [0.1, 0.15) is 45.7 Å². The third kappa shape index (κ3) is 6.83. The van der Waals surface area contributed by atoms with Gasteiger partial charge in [-0.3, -0.25) is 14.4 Å². The first kappa shape index (κ1) is 24.8. The first-order valence-electron chi connectivity index (χ1n) is 10.7. The summed E-state index contributed by atoms with van der Waals surface area (Å²) in [6.45, 7) is 6.93. The molecule has 2 unspecified atom stereocenters. The third-order valence-electron chi connectivity index (χ3n) is 4.82. The number of aromatic nitrogens is 2. The van der Waals surface area contributed by atoms with E-state index in [1.165, 1.54) is 6.33 Å². The summed E-state index contributed by atoms with van der Waals surface area (Å²) in [6.07, 6.45) is 2.87. The SMILES string of the molecule is CC(C)OC(=O)[C@H](C)NP(=O)(CO[C@H](C)CC1C=Nc2c(N)ncnc21)Oc1ccccc1. The summed E-state index contributed by atoms with van der Waals surface area (Å²) in [4.78, 5) is 24.8. The number of anilines is 1. The minimum atomic E-state index is -3.62. The number of ether oxygens (including phenoxy) is 2. The average Bonchev–Trinajstić information content (AvgIpc) is 3.16. The van der Waals surface area contributed by atoms with Gasteiger partial charge in [0.25, 0.3) is 0 Å². The molecule has 2 heterocycles. The van der Waals surface area contributed by atoms with Crippen molar-refractivity contribution in [2.24, 2.45) is 4.99 Å². The Bertz CT molecular complexity index is 1030. The van der Waals surface area contributed by atoms with E-state index in [0.717, 1.165) is 5.69 Å².